The van der Waals surface area contributed by atoms with Gasteiger partial charge in [-0.3, -0.25) is 0 Å². The molecule has 0 heterocycles. The molecule has 1 nitrogen and oxygen atoms in total. The van der Waals surface area contributed by atoms with Crippen LogP contribution in [0.2, 0.25) is 12.1 Å². The summed E-state index contributed by atoms with van der Waals surface area (Å²) in [5, 5.41) is 1.37. The monoisotopic (exact) mass is 206 g/mol. The first-order chi connectivity index (χ1) is 6.79. The van der Waals surface area contributed by atoms with Crippen molar-refractivity contribution in [2.75, 3.05) is 7.11 Å². The Kier molecular flexibility index (Phi) is 4.11. The van der Waals surface area contributed by atoms with Gasteiger partial charge in [0, 0.05) is 7.11 Å². The van der Waals surface area contributed by atoms with E-state index >= 15 is 0 Å². The molecule has 0 spiro atoms. The molecule has 1 aromatic rings. The van der Waals surface area contributed by atoms with E-state index in [-0.39, 0.29) is 0 Å². The zero-order valence-corrected chi connectivity index (χ0v) is 9.99. The second-order valence-corrected chi connectivity index (χ2v) is 7.50. The Labute approximate surface area is 87.5 Å². The van der Waals surface area contributed by atoms with Crippen molar-refractivity contribution in [3.8, 4) is 0 Å². The van der Waals surface area contributed by atoms with Crippen molar-refractivity contribution in [1.82, 2.24) is 0 Å². The smallest absolute Gasteiger partial charge is 0.227 e. The highest BCUT2D eigenvalue weighted by atomic mass is 28.4. The van der Waals surface area contributed by atoms with Crippen LogP contribution in [-0.4, -0.2) is 15.4 Å². The maximum atomic E-state index is 5.78. The molecule has 1 unspecified atom stereocenters. The summed E-state index contributed by atoms with van der Waals surface area (Å²) in [6.07, 6.45) is 1.98. The Morgan fingerprint density at radius 3 is 2.43 bits per heavy atom. The average molecular weight is 206 g/mol. The zero-order valence-electron chi connectivity index (χ0n) is 8.99. The van der Waals surface area contributed by atoms with Crippen molar-refractivity contribution in [1.29, 1.82) is 0 Å². The molecule has 0 aliphatic rings. The van der Waals surface area contributed by atoms with E-state index in [1.54, 1.807) is 0 Å². The highest BCUT2D eigenvalue weighted by molar-refractivity contribution is 6.86. The van der Waals surface area contributed by atoms with Gasteiger partial charge < -0.3 is 4.43 Å². The second kappa shape index (κ2) is 5.13. The molecular formula is C12H18OSi. The molecule has 0 fully saturated rings. The molecule has 1 aromatic carbocycles. The van der Waals surface area contributed by atoms with Crippen molar-refractivity contribution in [2.24, 2.45) is 0 Å². The SMILES string of the molecule is C=CC[Si](CC)(OC)c1ccccc1. The Balaban J connectivity index is 3.03. The van der Waals surface area contributed by atoms with E-state index in [4.69, 9.17) is 4.43 Å². The van der Waals surface area contributed by atoms with E-state index in [0.717, 1.165) is 12.1 Å². The number of rotatable bonds is 5. The van der Waals surface area contributed by atoms with Gasteiger partial charge in [-0.05, 0) is 17.3 Å². The second-order valence-electron chi connectivity index (χ2n) is 3.41. The van der Waals surface area contributed by atoms with Crippen LogP contribution < -0.4 is 5.19 Å². The molecule has 0 radical (unpaired) electrons. The molecule has 1 rings (SSSR count). The van der Waals surface area contributed by atoms with Gasteiger partial charge in [0.15, 0.2) is 0 Å². The average Bonchev–Trinajstić information content (AvgIpc) is 2.27. The zero-order chi connectivity index (χ0) is 10.4. The molecule has 0 amide bonds. The molecule has 0 aliphatic carbocycles. The van der Waals surface area contributed by atoms with Gasteiger partial charge in [-0.15, -0.1) is 6.58 Å². The van der Waals surface area contributed by atoms with Gasteiger partial charge in [0.05, 0.1) is 0 Å². The minimum atomic E-state index is -1.74. The van der Waals surface area contributed by atoms with E-state index < -0.39 is 8.32 Å². The summed E-state index contributed by atoms with van der Waals surface area (Å²) >= 11 is 0. The van der Waals surface area contributed by atoms with Crippen molar-refractivity contribution < 1.29 is 4.43 Å². The molecule has 14 heavy (non-hydrogen) atoms. The van der Waals surface area contributed by atoms with Crippen molar-refractivity contribution in [3.63, 3.8) is 0 Å². The topological polar surface area (TPSA) is 9.23 Å². The summed E-state index contributed by atoms with van der Waals surface area (Å²) in [5.41, 5.74) is 0. The standard InChI is InChI=1S/C12H18OSi/c1-4-11-14(5-2,13-3)12-9-7-6-8-10-12/h4,6-10H,1,5,11H2,2-3H3. The Bertz CT molecular complexity index is 278. The fraction of sp³-hybridized carbons (Fsp3) is 0.333. The summed E-state index contributed by atoms with van der Waals surface area (Å²) in [6, 6.07) is 12.6. The fourth-order valence-corrected chi connectivity index (χ4v) is 4.68. The lowest BCUT2D eigenvalue weighted by Gasteiger charge is -2.27. The summed E-state index contributed by atoms with van der Waals surface area (Å²) < 4.78 is 5.78. The third kappa shape index (κ3) is 2.14. The first-order valence-corrected chi connectivity index (χ1v) is 7.33. The molecule has 0 aromatic heterocycles. The lowest BCUT2D eigenvalue weighted by molar-refractivity contribution is 0.407. The Morgan fingerprint density at radius 2 is 2.00 bits per heavy atom. The van der Waals surface area contributed by atoms with Crippen LogP contribution in [0.5, 0.6) is 0 Å². The normalized spacial score (nSPS) is 14.7. The first kappa shape index (κ1) is 11.2. The van der Waals surface area contributed by atoms with Gasteiger partial charge in [0.2, 0.25) is 8.32 Å². The first-order valence-electron chi connectivity index (χ1n) is 5.00. The lowest BCUT2D eigenvalue weighted by atomic mass is 10.4. The molecule has 0 saturated heterocycles. The van der Waals surface area contributed by atoms with E-state index in [0.29, 0.717) is 0 Å². The molecule has 0 N–H and O–H groups in total. The van der Waals surface area contributed by atoms with Crippen molar-refractivity contribution >= 4 is 13.5 Å². The summed E-state index contributed by atoms with van der Waals surface area (Å²) in [6.45, 7) is 6.02. The van der Waals surface area contributed by atoms with E-state index in [2.05, 4.69) is 37.8 Å². The predicted molar refractivity (Wildman–Crippen MR) is 64.3 cm³/mol. The molecule has 0 bridgehead atoms. The molecular weight excluding hydrogens is 188 g/mol. The maximum Gasteiger partial charge on any atom is 0.227 e. The summed E-state index contributed by atoms with van der Waals surface area (Å²) in [7, 11) is 0.0880. The van der Waals surface area contributed by atoms with E-state index in [1.165, 1.54) is 5.19 Å². The van der Waals surface area contributed by atoms with Crippen molar-refractivity contribution in [3.05, 3.63) is 43.0 Å². The molecule has 0 aliphatic heterocycles. The van der Waals surface area contributed by atoms with E-state index in [9.17, 15) is 0 Å². The minimum Gasteiger partial charge on any atom is -0.415 e. The Hall–Kier alpha value is -0.863. The van der Waals surface area contributed by atoms with Crippen LogP contribution in [0, 0.1) is 0 Å². The maximum absolute atomic E-state index is 5.78. The molecule has 2 heteroatoms. The van der Waals surface area contributed by atoms with Gasteiger partial charge in [0.1, 0.15) is 0 Å². The van der Waals surface area contributed by atoms with Gasteiger partial charge >= 0.3 is 0 Å². The quantitative estimate of drug-likeness (QED) is 0.531. The van der Waals surface area contributed by atoms with Crippen LogP contribution in [0.15, 0.2) is 43.0 Å². The van der Waals surface area contributed by atoms with Crippen LogP contribution in [-0.2, 0) is 4.43 Å². The third-order valence-electron chi connectivity index (χ3n) is 2.74. The van der Waals surface area contributed by atoms with Gasteiger partial charge in [-0.25, -0.2) is 0 Å². The number of allylic oxidation sites excluding steroid dienone is 1. The van der Waals surface area contributed by atoms with Crippen LogP contribution in [0.3, 0.4) is 0 Å². The van der Waals surface area contributed by atoms with Crippen LogP contribution >= 0.6 is 0 Å². The number of hydrogen-bond donors (Lipinski definition) is 0. The number of hydrogen-bond acceptors (Lipinski definition) is 1. The highest BCUT2D eigenvalue weighted by Gasteiger charge is 2.32. The predicted octanol–water partition coefficient (Wildman–Crippen LogP) is 2.69. The fourth-order valence-electron chi connectivity index (χ4n) is 1.79. The van der Waals surface area contributed by atoms with Gasteiger partial charge in [-0.1, -0.05) is 43.3 Å². The molecule has 76 valence electrons. The van der Waals surface area contributed by atoms with Crippen LogP contribution in [0.25, 0.3) is 0 Å². The van der Waals surface area contributed by atoms with Gasteiger partial charge in [-0.2, -0.15) is 0 Å². The highest BCUT2D eigenvalue weighted by Crippen LogP contribution is 2.16. The van der Waals surface area contributed by atoms with Crippen LogP contribution in [0.4, 0.5) is 0 Å². The minimum absolute atomic E-state index is 0.990. The molecule has 0 saturated carbocycles. The van der Waals surface area contributed by atoms with E-state index in [1.807, 2.05) is 19.3 Å². The van der Waals surface area contributed by atoms with Gasteiger partial charge in [0.25, 0.3) is 0 Å². The Morgan fingerprint density at radius 1 is 1.36 bits per heavy atom. The number of benzene rings is 1. The third-order valence-corrected chi connectivity index (χ3v) is 6.99. The molecule has 1 atom stereocenters. The summed E-state index contributed by atoms with van der Waals surface area (Å²) in [5.74, 6) is 0. The lowest BCUT2D eigenvalue weighted by Crippen LogP contribution is -2.48. The largest absolute Gasteiger partial charge is 0.415 e. The van der Waals surface area contributed by atoms with Crippen LogP contribution in [0.1, 0.15) is 6.92 Å². The summed E-state index contributed by atoms with van der Waals surface area (Å²) in [4.78, 5) is 0. The van der Waals surface area contributed by atoms with Crippen molar-refractivity contribution in [2.45, 2.75) is 19.0 Å².